The summed E-state index contributed by atoms with van der Waals surface area (Å²) in [4.78, 5) is 11.1. The Hall–Kier alpha value is -1.61. The largest absolute Gasteiger partial charge is 0.354 e. The molecular weight excluding hydrogens is 284 g/mol. The first-order valence-corrected chi connectivity index (χ1v) is 8.88. The number of rotatable bonds is 5. The Bertz CT molecular complexity index is 568. The summed E-state index contributed by atoms with van der Waals surface area (Å²) in [6, 6.07) is 12.2. The molecule has 0 aliphatic heterocycles. The van der Waals surface area contributed by atoms with E-state index in [1.54, 1.807) is 6.92 Å². The second kappa shape index (κ2) is 7.31. The van der Waals surface area contributed by atoms with Crippen molar-refractivity contribution in [2.24, 2.45) is 5.92 Å². The van der Waals surface area contributed by atoms with Gasteiger partial charge in [0.05, 0.1) is 0 Å². The highest BCUT2D eigenvalue weighted by molar-refractivity contribution is 5.73. The Morgan fingerprint density at radius 3 is 2.39 bits per heavy atom. The molecule has 0 bridgehead atoms. The first-order valence-electron chi connectivity index (χ1n) is 8.88. The number of amides is 1. The van der Waals surface area contributed by atoms with Crippen LogP contribution in [0.1, 0.15) is 54.4 Å². The van der Waals surface area contributed by atoms with Crippen molar-refractivity contribution >= 4 is 12.0 Å². The molecule has 1 aromatic rings. The van der Waals surface area contributed by atoms with Crippen LogP contribution in [0.25, 0.3) is 6.08 Å². The van der Waals surface area contributed by atoms with Gasteiger partial charge in [0.25, 0.3) is 0 Å². The fraction of sp³-hybridized carbons (Fsp3) is 0.550. The van der Waals surface area contributed by atoms with E-state index in [0.717, 1.165) is 12.8 Å². The molecule has 0 radical (unpaired) electrons. The molecule has 23 heavy (non-hydrogen) atoms. The Labute approximate surface area is 142 Å². The molecule has 2 fully saturated rings. The van der Waals surface area contributed by atoms with E-state index in [0.29, 0.717) is 24.0 Å². The molecule has 2 aliphatic rings. The van der Waals surface area contributed by atoms with Gasteiger partial charge < -0.3 is 10.6 Å². The van der Waals surface area contributed by atoms with Crippen LogP contribution in [0, 0.1) is 5.92 Å². The number of hydrogen-bond donors (Lipinski definition) is 2. The van der Waals surface area contributed by atoms with E-state index in [-0.39, 0.29) is 8.76 Å². The third-order valence-corrected chi connectivity index (χ3v) is 5.15. The van der Waals surface area contributed by atoms with Crippen LogP contribution in [0.4, 0.5) is 0 Å². The average Bonchev–Trinajstić information content (AvgIpc) is 3.29. The van der Waals surface area contributed by atoms with Crippen molar-refractivity contribution in [1.29, 1.82) is 0 Å². The molecule has 0 aromatic heterocycles. The lowest BCUT2D eigenvalue weighted by molar-refractivity contribution is -0.119. The summed E-state index contributed by atoms with van der Waals surface area (Å²) >= 11 is 0. The SMILES string of the molecule is CC(=O)NC1CCC(N[C@@H]2C[C@H]2/C(C)=C/c2ccccc2)CC1.[HH].[HH]. The summed E-state index contributed by atoms with van der Waals surface area (Å²) in [5, 5.41) is 6.88. The number of nitrogens with one attached hydrogen (secondary N) is 2. The van der Waals surface area contributed by atoms with Gasteiger partial charge in [0, 0.05) is 27.9 Å². The van der Waals surface area contributed by atoms with Crippen LogP contribution in [0.15, 0.2) is 35.9 Å². The number of benzene rings is 1. The quantitative estimate of drug-likeness (QED) is 0.862. The van der Waals surface area contributed by atoms with Crippen LogP contribution in [-0.4, -0.2) is 24.0 Å². The van der Waals surface area contributed by atoms with Gasteiger partial charge in [-0.3, -0.25) is 4.79 Å². The molecule has 0 heterocycles. The van der Waals surface area contributed by atoms with Crippen LogP contribution in [0.5, 0.6) is 0 Å². The summed E-state index contributed by atoms with van der Waals surface area (Å²) in [5.41, 5.74) is 2.78. The molecular formula is C20H32N2O. The Morgan fingerprint density at radius 2 is 1.74 bits per heavy atom. The Kier molecular flexibility index (Phi) is 5.16. The molecule has 0 saturated heterocycles. The topological polar surface area (TPSA) is 41.1 Å². The normalized spacial score (nSPS) is 30.8. The number of carbonyl (C=O) groups excluding carboxylic acids is 1. The minimum absolute atomic E-state index is 0. The first kappa shape index (κ1) is 16.3. The molecule has 2 atom stereocenters. The van der Waals surface area contributed by atoms with Gasteiger partial charge in [-0.2, -0.15) is 0 Å². The lowest BCUT2D eigenvalue weighted by Crippen LogP contribution is -2.42. The van der Waals surface area contributed by atoms with Crippen LogP contribution in [0.3, 0.4) is 0 Å². The van der Waals surface area contributed by atoms with Crippen LogP contribution < -0.4 is 10.6 Å². The maximum atomic E-state index is 11.1. The zero-order chi connectivity index (χ0) is 16.2. The molecule has 0 spiro atoms. The standard InChI is InChI=1S/C20H28N2O.2H2/c1-14(12-16-6-4-3-5-7-16)19-13-20(19)22-18-10-8-17(9-11-18)21-15(2)23;;/h3-7,12,17-20,22H,8-11,13H2,1-2H3,(H,21,23);2*1H/b14-12+;;/t17?,18?,19-,20+;;/m0../s1. The third-order valence-electron chi connectivity index (χ3n) is 5.15. The van der Waals surface area contributed by atoms with E-state index in [1.807, 2.05) is 0 Å². The summed E-state index contributed by atoms with van der Waals surface area (Å²) in [6.45, 7) is 3.87. The third kappa shape index (κ3) is 4.68. The predicted molar refractivity (Wildman–Crippen MR) is 99.2 cm³/mol. The van der Waals surface area contributed by atoms with Gasteiger partial charge in [0.1, 0.15) is 0 Å². The highest BCUT2D eigenvalue weighted by Gasteiger charge is 2.39. The molecule has 3 heteroatoms. The van der Waals surface area contributed by atoms with E-state index in [2.05, 4.69) is 54.0 Å². The van der Waals surface area contributed by atoms with E-state index in [1.165, 1.54) is 30.4 Å². The van der Waals surface area contributed by atoms with Crippen molar-refractivity contribution in [3.63, 3.8) is 0 Å². The van der Waals surface area contributed by atoms with Crippen molar-refractivity contribution in [2.75, 3.05) is 0 Å². The summed E-state index contributed by atoms with van der Waals surface area (Å²) in [7, 11) is 0. The van der Waals surface area contributed by atoms with Gasteiger partial charge >= 0.3 is 0 Å². The molecule has 2 aliphatic carbocycles. The van der Waals surface area contributed by atoms with E-state index in [4.69, 9.17) is 0 Å². The first-order chi connectivity index (χ1) is 11.1. The van der Waals surface area contributed by atoms with E-state index < -0.39 is 0 Å². The molecule has 1 amide bonds. The molecule has 1 aromatic carbocycles. The Morgan fingerprint density at radius 1 is 1.09 bits per heavy atom. The second-order valence-corrected chi connectivity index (χ2v) is 7.16. The molecule has 128 valence electrons. The van der Waals surface area contributed by atoms with E-state index >= 15 is 0 Å². The minimum Gasteiger partial charge on any atom is -0.354 e. The van der Waals surface area contributed by atoms with Gasteiger partial charge in [0.2, 0.25) is 5.91 Å². The van der Waals surface area contributed by atoms with Gasteiger partial charge in [-0.15, -0.1) is 0 Å². The van der Waals surface area contributed by atoms with Crippen LogP contribution >= 0.6 is 0 Å². The smallest absolute Gasteiger partial charge is 0.217 e. The zero-order valence-electron chi connectivity index (χ0n) is 14.2. The number of carbonyl (C=O) groups is 1. The molecule has 3 rings (SSSR count). The van der Waals surface area contributed by atoms with Crippen LogP contribution in [0.2, 0.25) is 0 Å². The van der Waals surface area contributed by atoms with E-state index in [9.17, 15) is 4.79 Å². The maximum Gasteiger partial charge on any atom is 0.217 e. The highest BCUT2D eigenvalue weighted by atomic mass is 16.1. The van der Waals surface area contributed by atoms with Crippen molar-refractivity contribution in [3.8, 4) is 0 Å². The van der Waals surface area contributed by atoms with Crippen molar-refractivity contribution in [1.82, 2.24) is 10.6 Å². The lowest BCUT2D eigenvalue weighted by atomic mass is 9.91. The molecule has 3 nitrogen and oxygen atoms in total. The maximum absolute atomic E-state index is 11.1. The fourth-order valence-electron chi connectivity index (χ4n) is 3.80. The van der Waals surface area contributed by atoms with Gasteiger partial charge in [-0.1, -0.05) is 42.0 Å². The van der Waals surface area contributed by atoms with Gasteiger partial charge in [0.15, 0.2) is 0 Å². The minimum atomic E-state index is 0. The van der Waals surface area contributed by atoms with Crippen molar-refractivity contribution in [2.45, 2.75) is 64.1 Å². The summed E-state index contributed by atoms with van der Waals surface area (Å²) < 4.78 is 0. The zero-order valence-corrected chi connectivity index (χ0v) is 14.2. The van der Waals surface area contributed by atoms with Crippen LogP contribution in [-0.2, 0) is 4.79 Å². The van der Waals surface area contributed by atoms with Gasteiger partial charge in [-0.05, 0) is 50.5 Å². The molecule has 2 N–H and O–H groups in total. The molecule has 2 saturated carbocycles. The fourth-order valence-corrected chi connectivity index (χ4v) is 3.80. The Balaban J connectivity index is 0.00000156. The molecule has 0 unspecified atom stereocenters. The van der Waals surface area contributed by atoms with Crippen molar-refractivity contribution < 1.29 is 7.65 Å². The monoisotopic (exact) mass is 316 g/mol. The van der Waals surface area contributed by atoms with Crippen molar-refractivity contribution in [3.05, 3.63) is 41.5 Å². The summed E-state index contributed by atoms with van der Waals surface area (Å²) in [5.74, 6) is 0.800. The number of hydrogen-bond acceptors (Lipinski definition) is 2. The lowest BCUT2D eigenvalue weighted by Gasteiger charge is -2.29. The highest BCUT2D eigenvalue weighted by Crippen LogP contribution is 2.39. The second-order valence-electron chi connectivity index (χ2n) is 7.16. The average molecular weight is 316 g/mol. The van der Waals surface area contributed by atoms with Gasteiger partial charge in [-0.25, -0.2) is 0 Å². The summed E-state index contributed by atoms with van der Waals surface area (Å²) in [6.07, 6.45) is 8.15. The predicted octanol–water partition coefficient (Wildman–Crippen LogP) is 4.01.